The van der Waals surface area contributed by atoms with Crippen molar-refractivity contribution in [2.24, 2.45) is 0 Å². The molecule has 1 aliphatic heterocycles. The molecule has 1 aliphatic rings. The molecule has 2 atom stereocenters. The molecule has 0 radical (unpaired) electrons. The fourth-order valence-corrected chi connectivity index (χ4v) is 3.82. The van der Waals surface area contributed by atoms with Gasteiger partial charge in [-0.25, -0.2) is 0 Å². The first-order valence-electron chi connectivity index (χ1n) is 8.81. The topological polar surface area (TPSA) is 72.6 Å². The van der Waals surface area contributed by atoms with Crippen LogP contribution in [0.3, 0.4) is 0 Å². The van der Waals surface area contributed by atoms with Gasteiger partial charge in [0.1, 0.15) is 6.04 Å². The SMILES string of the molecule is COC(=O)[C@@H]1Cc2c([nH]c3ccccc23)[C@H](c2ccc(OC)c(OC)c2)N1. The lowest BCUT2D eigenvalue weighted by Crippen LogP contribution is -2.45. The highest BCUT2D eigenvalue weighted by molar-refractivity contribution is 5.87. The van der Waals surface area contributed by atoms with Gasteiger partial charge in [0.25, 0.3) is 0 Å². The van der Waals surface area contributed by atoms with Gasteiger partial charge in [-0.1, -0.05) is 24.3 Å². The molecule has 0 aliphatic carbocycles. The van der Waals surface area contributed by atoms with Crippen LogP contribution in [-0.4, -0.2) is 38.3 Å². The van der Waals surface area contributed by atoms with Gasteiger partial charge >= 0.3 is 5.97 Å². The van der Waals surface area contributed by atoms with Crippen molar-refractivity contribution in [2.75, 3.05) is 21.3 Å². The number of aromatic nitrogens is 1. The third-order valence-electron chi connectivity index (χ3n) is 5.14. The quantitative estimate of drug-likeness (QED) is 0.695. The number of carbonyl (C=O) groups excluding carboxylic acids is 1. The number of methoxy groups -OCH3 is 3. The van der Waals surface area contributed by atoms with E-state index in [1.807, 2.05) is 36.4 Å². The summed E-state index contributed by atoms with van der Waals surface area (Å²) < 4.78 is 15.8. The summed E-state index contributed by atoms with van der Waals surface area (Å²) in [7, 11) is 4.64. The molecule has 27 heavy (non-hydrogen) atoms. The van der Waals surface area contributed by atoms with Crippen LogP contribution >= 0.6 is 0 Å². The minimum absolute atomic E-state index is 0.190. The molecule has 1 aromatic heterocycles. The van der Waals surface area contributed by atoms with Gasteiger partial charge in [-0.2, -0.15) is 0 Å². The number of rotatable bonds is 4. The zero-order valence-electron chi connectivity index (χ0n) is 15.5. The van der Waals surface area contributed by atoms with E-state index in [4.69, 9.17) is 14.2 Å². The van der Waals surface area contributed by atoms with Gasteiger partial charge in [0.05, 0.1) is 27.4 Å². The summed E-state index contributed by atoms with van der Waals surface area (Å²) in [5.41, 5.74) is 4.23. The van der Waals surface area contributed by atoms with Gasteiger partial charge in [0.2, 0.25) is 0 Å². The molecule has 0 spiro atoms. The lowest BCUT2D eigenvalue weighted by atomic mass is 9.90. The van der Waals surface area contributed by atoms with Crippen molar-refractivity contribution in [3.63, 3.8) is 0 Å². The van der Waals surface area contributed by atoms with Crippen molar-refractivity contribution >= 4 is 16.9 Å². The van der Waals surface area contributed by atoms with E-state index in [-0.39, 0.29) is 12.0 Å². The van der Waals surface area contributed by atoms with E-state index in [0.29, 0.717) is 17.9 Å². The highest BCUT2D eigenvalue weighted by Gasteiger charge is 2.34. The van der Waals surface area contributed by atoms with Crippen LogP contribution in [0.4, 0.5) is 0 Å². The number of ether oxygens (including phenoxy) is 3. The molecular formula is C21H22N2O4. The summed E-state index contributed by atoms with van der Waals surface area (Å²) in [5.74, 6) is 1.05. The highest BCUT2D eigenvalue weighted by atomic mass is 16.5. The Morgan fingerprint density at radius 2 is 1.81 bits per heavy atom. The fourth-order valence-electron chi connectivity index (χ4n) is 3.82. The zero-order valence-corrected chi connectivity index (χ0v) is 15.5. The number of benzene rings is 2. The van der Waals surface area contributed by atoms with Gasteiger partial charge < -0.3 is 19.2 Å². The monoisotopic (exact) mass is 366 g/mol. The Kier molecular flexibility index (Phi) is 4.49. The number of hydrogen-bond donors (Lipinski definition) is 2. The maximum Gasteiger partial charge on any atom is 0.323 e. The van der Waals surface area contributed by atoms with E-state index in [9.17, 15) is 4.79 Å². The van der Waals surface area contributed by atoms with Crippen molar-refractivity contribution in [1.82, 2.24) is 10.3 Å². The molecule has 0 fully saturated rings. The van der Waals surface area contributed by atoms with Gasteiger partial charge in [-0.05, 0) is 29.3 Å². The summed E-state index contributed by atoms with van der Waals surface area (Å²) in [4.78, 5) is 15.8. The molecule has 0 bridgehead atoms. The first-order valence-corrected chi connectivity index (χ1v) is 8.81. The van der Waals surface area contributed by atoms with E-state index in [2.05, 4.69) is 16.4 Å². The molecular weight excluding hydrogens is 344 g/mol. The lowest BCUT2D eigenvalue weighted by Gasteiger charge is -2.30. The Hall–Kier alpha value is -2.99. The summed E-state index contributed by atoms with van der Waals surface area (Å²) >= 11 is 0. The Labute approximate surface area is 157 Å². The second kappa shape index (κ2) is 6.96. The molecule has 2 N–H and O–H groups in total. The minimum atomic E-state index is -0.417. The molecule has 2 aromatic carbocycles. The average molecular weight is 366 g/mol. The van der Waals surface area contributed by atoms with Crippen molar-refractivity contribution in [3.8, 4) is 11.5 Å². The molecule has 2 heterocycles. The number of H-pyrrole nitrogens is 1. The van der Waals surface area contributed by atoms with Crippen molar-refractivity contribution < 1.29 is 19.0 Å². The van der Waals surface area contributed by atoms with Crippen LogP contribution in [0.1, 0.15) is 22.9 Å². The summed E-state index contributed by atoms with van der Waals surface area (Å²) in [5, 5.41) is 4.56. The number of fused-ring (bicyclic) bond motifs is 3. The Balaban J connectivity index is 1.86. The van der Waals surface area contributed by atoms with Crippen LogP contribution in [0, 0.1) is 0 Å². The maximum atomic E-state index is 12.3. The predicted molar refractivity (Wildman–Crippen MR) is 102 cm³/mol. The zero-order chi connectivity index (χ0) is 19.0. The minimum Gasteiger partial charge on any atom is -0.493 e. The summed E-state index contributed by atoms with van der Waals surface area (Å²) in [6, 6.07) is 13.3. The summed E-state index contributed by atoms with van der Waals surface area (Å²) in [6.07, 6.45) is 0.579. The number of nitrogens with one attached hydrogen (secondary N) is 2. The molecule has 0 unspecified atom stereocenters. The van der Waals surface area contributed by atoms with Crippen LogP contribution in [0.25, 0.3) is 10.9 Å². The smallest absolute Gasteiger partial charge is 0.323 e. The van der Waals surface area contributed by atoms with Crippen LogP contribution in [-0.2, 0) is 16.0 Å². The molecule has 0 saturated heterocycles. The number of hydrogen-bond acceptors (Lipinski definition) is 5. The van der Waals surface area contributed by atoms with Crippen LogP contribution in [0.2, 0.25) is 0 Å². The highest BCUT2D eigenvalue weighted by Crippen LogP contribution is 2.38. The van der Waals surface area contributed by atoms with Crippen molar-refractivity contribution in [3.05, 3.63) is 59.3 Å². The van der Waals surface area contributed by atoms with Crippen molar-refractivity contribution in [1.29, 1.82) is 0 Å². The van der Waals surface area contributed by atoms with Crippen LogP contribution in [0.5, 0.6) is 11.5 Å². The first kappa shape index (κ1) is 17.4. The number of aromatic amines is 1. The van der Waals surface area contributed by atoms with E-state index in [1.54, 1.807) is 14.2 Å². The lowest BCUT2D eigenvalue weighted by molar-refractivity contribution is -0.143. The molecule has 140 valence electrons. The van der Waals surface area contributed by atoms with E-state index in [0.717, 1.165) is 27.7 Å². The third kappa shape index (κ3) is 2.92. The number of carbonyl (C=O) groups is 1. The second-order valence-corrected chi connectivity index (χ2v) is 6.56. The molecule has 6 nitrogen and oxygen atoms in total. The largest absolute Gasteiger partial charge is 0.493 e. The molecule has 0 saturated carbocycles. The first-order chi connectivity index (χ1) is 13.2. The molecule has 6 heteroatoms. The van der Waals surface area contributed by atoms with E-state index < -0.39 is 6.04 Å². The fraction of sp³-hybridized carbons (Fsp3) is 0.286. The van der Waals surface area contributed by atoms with Crippen LogP contribution < -0.4 is 14.8 Å². The van der Waals surface area contributed by atoms with Gasteiger partial charge in [-0.3, -0.25) is 10.1 Å². The van der Waals surface area contributed by atoms with E-state index in [1.165, 1.54) is 7.11 Å². The maximum absolute atomic E-state index is 12.3. The second-order valence-electron chi connectivity index (χ2n) is 6.56. The van der Waals surface area contributed by atoms with Crippen molar-refractivity contribution in [2.45, 2.75) is 18.5 Å². The number of esters is 1. The van der Waals surface area contributed by atoms with Gasteiger partial charge in [0.15, 0.2) is 11.5 Å². The predicted octanol–water partition coefficient (Wildman–Crippen LogP) is 2.96. The van der Waals surface area contributed by atoms with Gasteiger partial charge in [-0.15, -0.1) is 0 Å². The molecule has 4 rings (SSSR count). The molecule has 0 amide bonds. The van der Waals surface area contributed by atoms with Crippen LogP contribution in [0.15, 0.2) is 42.5 Å². The van der Waals surface area contributed by atoms with E-state index >= 15 is 0 Å². The Bertz CT molecular complexity index is 995. The average Bonchev–Trinajstić information content (AvgIpc) is 3.10. The molecule has 3 aromatic rings. The summed E-state index contributed by atoms with van der Waals surface area (Å²) in [6.45, 7) is 0. The Morgan fingerprint density at radius 1 is 1.04 bits per heavy atom. The normalized spacial score (nSPS) is 18.8. The number of para-hydroxylation sites is 1. The van der Waals surface area contributed by atoms with Gasteiger partial charge in [0, 0.05) is 23.0 Å². The Morgan fingerprint density at radius 3 is 2.56 bits per heavy atom. The standard InChI is InChI=1S/C21H22N2O4/c1-25-17-9-8-12(10-18(17)26-2)19-20-14(11-16(23-19)21(24)27-3)13-6-4-5-7-15(13)22-20/h4-10,16,19,22-23H,11H2,1-3H3/t16-,19-/m0/s1. The third-order valence-corrected chi connectivity index (χ3v) is 5.14.